The Morgan fingerprint density at radius 1 is 1.50 bits per heavy atom. The van der Waals surface area contributed by atoms with Crippen molar-refractivity contribution in [1.29, 1.82) is 0 Å². The molecule has 1 fully saturated rings. The predicted octanol–water partition coefficient (Wildman–Crippen LogP) is 1.27. The molecule has 0 aromatic heterocycles. The number of nitrogen functional groups attached to an aromatic ring is 1. The van der Waals surface area contributed by atoms with Gasteiger partial charge in [0, 0.05) is 6.04 Å². The Bertz CT molecular complexity index is 379. The van der Waals surface area contributed by atoms with Gasteiger partial charge in [-0.3, -0.25) is 4.79 Å². The van der Waals surface area contributed by atoms with Gasteiger partial charge in [-0.25, -0.2) is 0 Å². The third kappa shape index (κ3) is 2.66. The highest BCUT2D eigenvalue weighted by atomic mass is 16.2. The van der Waals surface area contributed by atoms with E-state index in [1.165, 1.54) is 0 Å². The highest BCUT2D eigenvalue weighted by molar-refractivity contribution is 5.83. The van der Waals surface area contributed by atoms with E-state index in [1.54, 1.807) is 0 Å². The van der Waals surface area contributed by atoms with Crippen LogP contribution in [0.5, 0.6) is 0 Å². The molecule has 86 valence electrons. The summed E-state index contributed by atoms with van der Waals surface area (Å²) in [6.07, 6.45) is 2.22. The van der Waals surface area contributed by atoms with Crippen LogP contribution in [0, 0.1) is 6.92 Å². The minimum absolute atomic E-state index is 0.0325. The van der Waals surface area contributed by atoms with Gasteiger partial charge in [0.2, 0.25) is 5.91 Å². The molecule has 1 saturated carbocycles. The molecule has 0 saturated heterocycles. The molecule has 0 bridgehead atoms. The van der Waals surface area contributed by atoms with Crippen LogP contribution >= 0.6 is 0 Å². The number of hydrogen-bond donors (Lipinski definition) is 3. The number of nitrogens with one attached hydrogen (secondary N) is 2. The summed E-state index contributed by atoms with van der Waals surface area (Å²) in [6.45, 7) is 2.25. The van der Waals surface area contributed by atoms with E-state index >= 15 is 0 Å². The van der Waals surface area contributed by atoms with E-state index in [2.05, 4.69) is 10.6 Å². The topological polar surface area (TPSA) is 67.1 Å². The Morgan fingerprint density at radius 2 is 2.25 bits per heavy atom. The van der Waals surface area contributed by atoms with E-state index < -0.39 is 0 Å². The van der Waals surface area contributed by atoms with Gasteiger partial charge in [-0.15, -0.1) is 0 Å². The summed E-state index contributed by atoms with van der Waals surface area (Å²) in [5, 5.41) is 6.00. The fourth-order valence-electron chi connectivity index (χ4n) is 1.61. The van der Waals surface area contributed by atoms with Crippen LogP contribution in [0.4, 0.5) is 11.4 Å². The largest absolute Gasteiger partial charge is 0.397 e. The maximum Gasteiger partial charge on any atom is 0.239 e. The number of hydrogen-bond acceptors (Lipinski definition) is 3. The summed E-state index contributed by atoms with van der Waals surface area (Å²) in [6, 6.07) is 6.11. The van der Waals surface area contributed by atoms with E-state index in [1.807, 2.05) is 25.1 Å². The van der Waals surface area contributed by atoms with Gasteiger partial charge in [-0.1, -0.05) is 12.1 Å². The van der Waals surface area contributed by atoms with Crippen LogP contribution in [-0.4, -0.2) is 18.5 Å². The van der Waals surface area contributed by atoms with Crippen molar-refractivity contribution in [3.63, 3.8) is 0 Å². The van der Waals surface area contributed by atoms with Crippen molar-refractivity contribution in [2.45, 2.75) is 25.8 Å². The molecular weight excluding hydrogens is 202 g/mol. The summed E-state index contributed by atoms with van der Waals surface area (Å²) in [5.74, 6) is 0.0325. The Balaban J connectivity index is 1.90. The Morgan fingerprint density at radius 3 is 2.88 bits per heavy atom. The summed E-state index contributed by atoms with van der Waals surface area (Å²) in [5.41, 5.74) is 8.42. The molecular formula is C12H17N3O. The standard InChI is InChI=1S/C12H17N3O/c1-8-3-2-4-10(13)12(8)14-7-11(16)15-9-5-6-9/h2-4,9,14H,5-7,13H2,1H3,(H,15,16). The lowest BCUT2D eigenvalue weighted by Crippen LogP contribution is -2.31. The summed E-state index contributed by atoms with van der Waals surface area (Å²) in [4.78, 5) is 11.5. The van der Waals surface area contributed by atoms with Crippen LogP contribution in [0.3, 0.4) is 0 Å². The third-order valence-corrected chi connectivity index (χ3v) is 2.67. The molecule has 1 amide bonds. The van der Waals surface area contributed by atoms with Crippen LogP contribution in [0.1, 0.15) is 18.4 Å². The van der Waals surface area contributed by atoms with Crippen LogP contribution < -0.4 is 16.4 Å². The van der Waals surface area contributed by atoms with Gasteiger partial charge in [0.15, 0.2) is 0 Å². The summed E-state index contributed by atoms with van der Waals surface area (Å²) >= 11 is 0. The maximum atomic E-state index is 11.5. The molecule has 0 atom stereocenters. The smallest absolute Gasteiger partial charge is 0.239 e. The molecule has 2 rings (SSSR count). The van der Waals surface area contributed by atoms with Crippen molar-refractivity contribution >= 4 is 17.3 Å². The van der Waals surface area contributed by atoms with Gasteiger partial charge in [0.1, 0.15) is 0 Å². The van der Waals surface area contributed by atoms with E-state index in [0.717, 1.165) is 24.1 Å². The van der Waals surface area contributed by atoms with Crippen LogP contribution in [0.25, 0.3) is 0 Å². The lowest BCUT2D eigenvalue weighted by molar-refractivity contribution is -0.119. The normalized spacial score (nSPS) is 14.6. The molecule has 1 aromatic carbocycles. The number of amides is 1. The van der Waals surface area contributed by atoms with Gasteiger partial charge < -0.3 is 16.4 Å². The first-order chi connectivity index (χ1) is 7.66. The number of anilines is 2. The fraction of sp³-hybridized carbons (Fsp3) is 0.417. The van der Waals surface area contributed by atoms with E-state index in [0.29, 0.717) is 11.7 Å². The number of carbonyl (C=O) groups is 1. The molecule has 0 radical (unpaired) electrons. The Kier molecular flexibility index (Phi) is 2.99. The second-order valence-electron chi connectivity index (χ2n) is 4.23. The molecule has 1 aliphatic carbocycles. The van der Waals surface area contributed by atoms with E-state index in [-0.39, 0.29) is 12.5 Å². The number of aryl methyl sites for hydroxylation is 1. The fourth-order valence-corrected chi connectivity index (χ4v) is 1.61. The van der Waals surface area contributed by atoms with E-state index in [4.69, 9.17) is 5.73 Å². The minimum atomic E-state index is 0.0325. The summed E-state index contributed by atoms with van der Waals surface area (Å²) < 4.78 is 0. The first-order valence-corrected chi connectivity index (χ1v) is 5.55. The quantitative estimate of drug-likeness (QED) is 0.668. The van der Waals surface area contributed by atoms with Crippen LogP contribution in [0.15, 0.2) is 18.2 Å². The van der Waals surface area contributed by atoms with Gasteiger partial charge in [-0.2, -0.15) is 0 Å². The van der Waals surface area contributed by atoms with Crippen molar-refractivity contribution < 1.29 is 4.79 Å². The van der Waals surface area contributed by atoms with Crippen LogP contribution in [0.2, 0.25) is 0 Å². The second-order valence-corrected chi connectivity index (χ2v) is 4.23. The minimum Gasteiger partial charge on any atom is -0.397 e. The summed E-state index contributed by atoms with van der Waals surface area (Å²) in [7, 11) is 0. The van der Waals surface area contributed by atoms with Crippen molar-refractivity contribution in [2.24, 2.45) is 0 Å². The zero-order valence-electron chi connectivity index (χ0n) is 9.42. The second kappa shape index (κ2) is 4.43. The van der Waals surface area contributed by atoms with Crippen molar-refractivity contribution in [2.75, 3.05) is 17.6 Å². The maximum absolute atomic E-state index is 11.5. The third-order valence-electron chi connectivity index (χ3n) is 2.67. The Labute approximate surface area is 95.2 Å². The molecule has 1 aliphatic rings. The first kappa shape index (κ1) is 10.8. The van der Waals surface area contributed by atoms with Crippen LogP contribution in [-0.2, 0) is 4.79 Å². The number of para-hydroxylation sites is 1. The number of benzene rings is 1. The average molecular weight is 219 g/mol. The highest BCUT2D eigenvalue weighted by Gasteiger charge is 2.22. The van der Waals surface area contributed by atoms with Gasteiger partial charge in [0.05, 0.1) is 17.9 Å². The molecule has 4 N–H and O–H groups in total. The average Bonchev–Trinajstić information content (AvgIpc) is 3.01. The van der Waals surface area contributed by atoms with Gasteiger partial charge in [0.25, 0.3) is 0 Å². The molecule has 1 aromatic rings. The molecule has 0 spiro atoms. The van der Waals surface area contributed by atoms with Gasteiger partial charge in [-0.05, 0) is 31.4 Å². The monoisotopic (exact) mass is 219 g/mol. The zero-order valence-corrected chi connectivity index (χ0v) is 9.42. The van der Waals surface area contributed by atoms with Gasteiger partial charge >= 0.3 is 0 Å². The molecule has 0 heterocycles. The first-order valence-electron chi connectivity index (χ1n) is 5.55. The highest BCUT2D eigenvalue weighted by Crippen LogP contribution is 2.22. The van der Waals surface area contributed by atoms with Crippen molar-refractivity contribution in [3.8, 4) is 0 Å². The SMILES string of the molecule is Cc1cccc(N)c1NCC(=O)NC1CC1. The Hall–Kier alpha value is -1.71. The number of rotatable bonds is 4. The van der Waals surface area contributed by atoms with Crippen molar-refractivity contribution in [1.82, 2.24) is 5.32 Å². The lowest BCUT2D eigenvalue weighted by atomic mass is 10.1. The number of nitrogens with two attached hydrogens (primary N) is 1. The molecule has 16 heavy (non-hydrogen) atoms. The predicted molar refractivity (Wildman–Crippen MR) is 65.2 cm³/mol. The molecule has 4 nitrogen and oxygen atoms in total. The zero-order chi connectivity index (χ0) is 11.5. The lowest BCUT2D eigenvalue weighted by Gasteiger charge is -2.11. The van der Waals surface area contributed by atoms with Crippen molar-refractivity contribution in [3.05, 3.63) is 23.8 Å². The van der Waals surface area contributed by atoms with E-state index in [9.17, 15) is 4.79 Å². The molecule has 0 aliphatic heterocycles. The molecule has 4 heteroatoms. The number of carbonyl (C=O) groups excluding carboxylic acids is 1. The molecule has 0 unspecified atom stereocenters.